The molecule has 6 heteroatoms. The number of thiophene rings is 1. The van der Waals surface area contributed by atoms with Crippen LogP contribution in [0.4, 0.5) is 0 Å². The van der Waals surface area contributed by atoms with Crippen molar-refractivity contribution in [3.05, 3.63) is 51.2 Å². The summed E-state index contributed by atoms with van der Waals surface area (Å²) in [5.41, 5.74) is 1.16. The number of carbonyl (C=O) groups excluding carboxylic acids is 1. The molecule has 112 valence electrons. The lowest BCUT2D eigenvalue weighted by atomic mass is 10.2. The Morgan fingerprint density at radius 3 is 2.57 bits per heavy atom. The minimum absolute atomic E-state index is 0.0350. The van der Waals surface area contributed by atoms with Crippen molar-refractivity contribution in [2.75, 3.05) is 13.7 Å². The van der Waals surface area contributed by atoms with E-state index in [0.717, 1.165) is 23.0 Å². The van der Waals surface area contributed by atoms with Crippen LogP contribution in [0, 0.1) is 0 Å². The average Bonchev–Trinajstić information content (AvgIpc) is 2.91. The highest BCUT2D eigenvalue weighted by Crippen LogP contribution is 2.21. The van der Waals surface area contributed by atoms with Gasteiger partial charge in [-0.15, -0.1) is 11.3 Å². The summed E-state index contributed by atoms with van der Waals surface area (Å²) >= 11 is 7.47. The molecule has 0 aliphatic heterocycles. The first-order valence-corrected chi connectivity index (χ1v) is 7.74. The Bertz CT molecular complexity index is 584. The van der Waals surface area contributed by atoms with Crippen molar-refractivity contribution >= 4 is 28.8 Å². The van der Waals surface area contributed by atoms with E-state index in [1.807, 2.05) is 36.4 Å². The Hall–Kier alpha value is -1.56. The summed E-state index contributed by atoms with van der Waals surface area (Å²) in [6, 6.07) is 11.6. The second-order valence-electron chi connectivity index (χ2n) is 4.42. The summed E-state index contributed by atoms with van der Waals surface area (Å²) in [5.74, 6) is 0.544. The molecule has 0 fully saturated rings. The van der Waals surface area contributed by atoms with Crippen molar-refractivity contribution in [3.8, 4) is 5.75 Å². The van der Waals surface area contributed by atoms with Crippen molar-refractivity contribution in [1.29, 1.82) is 0 Å². The number of hydrogen-bond donors (Lipinski definition) is 2. The van der Waals surface area contributed by atoms with Crippen LogP contribution in [-0.4, -0.2) is 19.6 Å². The Kier molecular flexibility index (Phi) is 6.04. The van der Waals surface area contributed by atoms with Gasteiger partial charge in [0.1, 0.15) is 5.75 Å². The predicted octanol–water partition coefficient (Wildman–Crippen LogP) is 2.82. The van der Waals surface area contributed by atoms with E-state index in [-0.39, 0.29) is 12.5 Å². The maximum Gasteiger partial charge on any atom is 0.257 e. The van der Waals surface area contributed by atoms with Crippen LogP contribution in [0.1, 0.15) is 10.4 Å². The molecule has 21 heavy (non-hydrogen) atoms. The molecule has 0 spiro atoms. The Morgan fingerprint density at radius 1 is 1.19 bits per heavy atom. The van der Waals surface area contributed by atoms with Crippen LogP contribution in [-0.2, 0) is 17.9 Å². The zero-order valence-corrected chi connectivity index (χ0v) is 13.3. The van der Waals surface area contributed by atoms with E-state index in [2.05, 4.69) is 10.6 Å². The third kappa shape index (κ3) is 5.38. The highest BCUT2D eigenvalue weighted by molar-refractivity contribution is 7.16. The van der Waals surface area contributed by atoms with Gasteiger partial charge in [-0.1, -0.05) is 23.7 Å². The van der Waals surface area contributed by atoms with Crippen molar-refractivity contribution < 1.29 is 9.53 Å². The molecule has 2 N–H and O–H groups in total. The number of nitrogens with one attached hydrogen (secondary N) is 2. The third-order valence-electron chi connectivity index (χ3n) is 2.83. The standard InChI is InChI=1S/C15H17ClN2O2S/c1-17-15(19)10-20-12-4-2-11(3-5-12)8-18-9-13-6-7-14(16)21-13/h2-7,18H,8-10H2,1H3,(H,17,19). The first-order valence-electron chi connectivity index (χ1n) is 6.54. The van der Waals surface area contributed by atoms with Crippen molar-refractivity contribution in [3.63, 3.8) is 0 Å². The highest BCUT2D eigenvalue weighted by Gasteiger charge is 2.01. The quantitative estimate of drug-likeness (QED) is 0.823. The molecule has 1 aromatic heterocycles. The third-order valence-corrected chi connectivity index (χ3v) is 4.06. The number of amides is 1. The summed E-state index contributed by atoms with van der Waals surface area (Å²) < 4.78 is 6.15. The van der Waals surface area contributed by atoms with Gasteiger partial charge < -0.3 is 15.4 Å². The van der Waals surface area contributed by atoms with Crippen LogP contribution in [0.2, 0.25) is 4.34 Å². The van der Waals surface area contributed by atoms with Gasteiger partial charge in [0.05, 0.1) is 4.34 Å². The molecule has 0 bridgehead atoms. The molecule has 1 amide bonds. The van der Waals surface area contributed by atoms with Gasteiger partial charge in [-0.25, -0.2) is 0 Å². The SMILES string of the molecule is CNC(=O)COc1ccc(CNCc2ccc(Cl)s2)cc1. The highest BCUT2D eigenvalue weighted by atomic mass is 35.5. The van der Waals surface area contributed by atoms with Crippen LogP contribution in [0.5, 0.6) is 5.75 Å². The Balaban J connectivity index is 1.75. The van der Waals surface area contributed by atoms with E-state index in [1.165, 1.54) is 4.88 Å². The minimum Gasteiger partial charge on any atom is -0.484 e. The van der Waals surface area contributed by atoms with Crippen LogP contribution < -0.4 is 15.4 Å². The molecule has 0 aliphatic carbocycles. The summed E-state index contributed by atoms with van der Waals surface area (Å²) in [7, 11) is 1.58. The lowest BCUT2D eigenvalue weighted by Gasteiger charge is -2.07. The van der Waals surface area contributed by atoms with Crippen molar-refractivity contribution in [2.24, 2.45) is 0 Å². The van der Waals surface area contributed by atoms with Crippen molar-refractivity contribution in [1.82, 2.24) is 10.6 Å². The molecule has 0 aliphatic rings. The van der Waals surface area contributed by atoms with E-state index in [9.17, 15) is 4.79 Å². The number of halogens is 1. The molecule has 1 heterocycles. The molecule has 2 rings (SSSR count). The Labute approximate surface area is 133 Å². The van der Waals surface area contributed by atoms with Gasteiger partial charge in [0.25, 0.3) is 5.91 Å². The first kappa shape index (κ1) is 15.8. The molecular weight excluding hydrogens is 308 g/mol. The fourth-order valence-electron chi connectivity index (χ4n) is 1.70. The van der Waals surface area contributed by atoms with Crippen LogP contribution in [0.15, 0.2) is 36.4 Å². The number of carbonyl (C=O) groups is 1. The van der Waals surface area contributed by atoms with Gasteiger partial charge in [0, 0.05) is 25.0 Å². The molecule has 4 nitrogen and oxygen atoms in total. The van der Waals surface area contributed by atoms with Gasteiger partial charge in [-0.05, 0) is 29.8 Å². The van der Waals surface area contributed by atoms with Gasteiger partial charge >= 0.3 is 0 Å². The van der Waals surface area contributed by atoms with E-state index < -0.39 is 0 Å². The minimum atomic E-state index is -0.143. The smallest absolute Gasteiger partial charge is 0.257 e. The van der Waals surface area contributed by atoms with Gasteiger partial charge in [-0.2, -0.15) is 0 Å². The number of rotatable bonds is 7. The van der Waals surface area contributed by atoms with Crippen LogP contribution >= 0.6 is 22.9 Å². The molecule has 0 unspecified atom stereocenters. The molecule has 0 saturated carbocycles. The average molecular weight is 325 g/mol. The predicted molar refractivity (Wildman–Crippen MR) is 85.9 cm³/mol. The molecule has 0 radical (unpaired) electrons. The van der Waals surface area contributed by atoms with Crippen LogP contribution in [0.25, 0.3) is 0 Å². The van der Waals surface area contributed by atoms with Crippen molar-refractivity contribution in [2.45, 2.75) is 13.1 Å². The van der Waals surface area contributed by atoms with Gasteiger partial charge in [-0.3, -0.25) is 4.79 Å². The summed E-state index contributed by atoms with van der Waals surface area (Å²) in [5, 5.41) is 5.87. The number of ether oxygens (including phenoxy) is 1. The van der Waals surface area contributed by atoms with Crippen LogP contribution in [0.3, 0.4) is 0 Å². The summed E-state index contributed by atoms with van der Waals surface area (Å²) in [6.07, 6.45) is 0. The lowest BCUT2D eigenvalue weighted by Crippen LogP contribution is -2.24. The second-order valence-corrected chi connectivity index (χ2v) is 6.21. The molecule has 0 saturated heterocycles. The number of likely N-dealkylation sites (N-methyl/N-ethyl adjacent to an activating group) is 1. The zero-order chi connectivity index (χ0) is 15.1. The molecule has 0 atom stereocenters. The summed E-state index contributed by atoms with van der Waals surface area (Å²) in [4.78, 5) is 12.3. The fraction of sp³-hybridized carbons (Fsp3) is 0.267. The van der Waals surface area contributed by atoms with E-state index >= 15 is 0 Å². The first-order chi connectivity index (χ1) is 10.2. The fourth-order valence-corrected chi connectivity index (χ4v) is 2.76. The topological polar surface area (TPSA) is 50.4 Å². The second kappa shape index (κ2) is 8.02. The van der Waals surface area contributed by atoms with Gasteiger partial charge in [0.15, 0.2) is 6.61 Å². The maximum absolute atomic E-state index is 11.1. The van der Waals surface area contributed by atoms with E-state index in [1.54, 1.807) is 18.4 Å². The Morgan fingerprint density at radius 2 is 1.95 bits per heavy atom. The number of benzene rings is 1. The molecule has 2 aromatic rings. The lowest BCUT2D eigenvalue weighted by molar-refractivity contribution is -0.122. The van der Waals surface area contributed by atoms with E-state index in [0.29, 0.717) is 5.75 Å². The maximum atomic E-state index is 11.1. The molecule has 1 aromatic carbocycles. The monoisotopic (exact) mass is 324 g/mol. The number of hydrogen-bond acceptors (Lipinski definition) is 4. The van der Waals surface area contributed by atoms with Gasteiger partial charge in [0.2, 0.25) is 0 Å². The normalized spacial score (nSPS) is 10.4. The zero-order valence-electron chi connectivity index (χ0n) is 11.7. The van der Waals surface area contributed by atoms with E-state index in [4.69, 9.17) is 16.3 Å². The largest absolute Gasteiger partial charge is 0.484 e. The summed E-state index contributed by atoms with van der Waals surface area (Å²) in [6.45, 7) is 1.60. The molecular formula is C15H17ClN2O2S.